The van der Waals surface area contributed by atoms with Crippen LogP contribution in [-0.2, 0) is 22.6 Å². The Morgan fingerprint density at radius 2 is 2.10 bits per heavy atom. The van der Waals surface area contributed by atoms with Crippen LogP contribution in [0.4, 0.5) is 0 Å². The van der Waals surface area contributed by atoms with Crippen molar-refractivity contribution in [3.63, 3.8) is 0 Å². The Hall–Kier alpha value is -1.93. The SMILES string of the molecule is Cc1c(C(=O)O)cc(Cl)cc1S(=O)(=O)Cc1ncnn1C. The molecule has 0 spiro atoms. The Kier molecular flexibility index (Phi) is 4.02. The summed E-state index contributed by atoms with van der Waals surface area (Å²) in [5.74, 6) is -1.36. The van der Waals surface area contributed by atoms with Crippen LogP contribution in [-0.4, -0.2) is 34.3 Å². The summed E-state index contributed by atoms with van der Waals surface area (Å²) >= 11 is 5.82. The van der Waals surface area contributed by atoms with Crippen LogP contribution in [0.1, 0.15) is 21.7 Å². The van der Waals surface area contributed by atoms with Crippen molar-refractivity contribution in [3.8, 4) is 0 Å². The first kappa shape index (κ1) is 15.5. The van der Waals surface area contributed by atoms with E-state index in [2.05, 4.69) is 10.1 Å². The molecule has 0 bridgehead atoms. The summed E-state index contributed by atoms with van der Waals surface area (Å²) in [5, 5.41) is 13.0. The summed E-state index contributed by atoms with van der Waals surface area (Å²) in [5.41, 5.74) is 0.00751. The number of carboxylic acid groups (broad SMARTS) is 1. The molecule has 112 valence electrons. The molecule has 9 heteroatoms. The average molecular weight is 330 g/mol. The normalized spacial score (nSPS) is 11.6. The lowest BCUT2D eigenvalue weighted by Gasteiger charge is -2.10. The number of nitrogens with zero attached hydrogens (tertiary/aromatic N) is 3. The minimum atomic E-state index is -3.79. The second kappa shape index (κ2) is 5.45. The number of halogens is 1. The second-order valence-electron chi connectivity index (χ2n) is 4.44. The lowest BCUT2D eigenvalue weighted by atomic mass is 10.1. The Bertz CT molecular complexity index is 814. The minimum absolute atomic E-state index is 0.0505. The van der Waals surface area contributed by atoms with Crippen molar-refractivity contribution >= 4 is 27.4 Å². The fourth-order valence-corrected chi connectivity index (χ4v) is 3.82. The van der Waals surface area contributed by atoms with Crippen molar-refractivity contribution in [2.45, 2.75) is 17.6 Å². The van der Waals surface area contributed by atoms with Crippen molar-refractivity contribution in [2.24, 2.45) is 7.05 Å². The monoisotopic (exact) mass is 329 g/mol. The van der Waals surface area contributed by atoms with Gasteiger partial charge in [0.2, 0.25) is 0 Å². The van der Waals surface area contributed by atoms with E-state index in [1.54, 1.807) is 7.05 Å². The Labute approximate surface area is 126 Å². The van der Waals surface area contributed by atoms with Gasteiger partial charge in [0, 0.05) is 12.1 Å². The zero-order chi connectivity index (χ0) is 15.8. The van der Waals surface area contributed by atoms with Crippen LogP contribution in [0, 0.1) is 6.92 Å². The smallest absolute Gasteiger partial charge is 0.336 e. The first-order chi connectivity index (χ1) is 9.72. The third kappa shape index (κ3) is 3.06. The number of carboxylic acids is 1. The van der Waals surface area contributed by atoms with E-state index in [1.807, 2.05) is 0 Å². The molecule has 1 N–H and O–H groups in total. The highest BCUT2D eigenvalue weighted by atomic mass is 35.5. The van der Waals surface area contributed by atoms with Gasteiger partial charge in [-0.2, -0.15) is 5.10 Å². The van der Waals surface area contributed by atoms with Crippen molar-refractivity contribution < 1.29 is 18.3 Å². The quantitative estimate of drug-likeness (QED) is 0.910. The predicted octanol–water partition coefficient (Wildman–Crippen LogP) is 1.45. The largest absolute Gasteiger partial charge is 0.478 e. The minimum Gasteiger partial charge on any atom is -0.478 e. The molecule has 0 saturated heterocycles. The molecule has 0 atom stereocenters. The van der Waals surface area contributed by atoms with Crippen molar-refractivity contribution in [3.05, 3.63) is 40.4 Å². The van der Waals surface area contributed by atoms with Crippen LogP contribution in [0.3, 0.4) is 0 Å². The Balaban J connectivity index is 2.55. The van der Waals surface area contributed by atoms with Crippen LogP contribution in [0.25, 0.3) is 0 Å². The maximum atomic E-state index is 12.5. The maximum Gasteiger partial charge on any atom is 0.336 e. The molecule has 0 amide bonds. The van der Waals surface area contributed by atoms with Crippen LogP contribution in [0.15, 0.2) is 23.4 Å². The molecule has 0 radical (unpaired) electrons. The van der Waals surface area contributed by atoms with Gasteiger partial charge in [-0.05, 0) is 24.6 Å². The summed E-state index contributed by atoms with van der Waals surface area (Å²) in [7, 11) is -2.21. The first-order valence-corrected chi connectivity index (χ1v) is 7.84. The van der Waals surface area contributed by atoms with Crippen LogP contribution < -0.4 is 0 Å². The van der Waals surface area contributed by atoms with Gasteiger partial charge in [-0.25, -0.2) is 18.2 Å². The number of carbonyl (C=O) groups is 1. The standard InChI is InChI=1S/C12H12ClN3O4S/c1-7-9(12(17)18)3-8(13)4-10(7)21(19,20)5-11-14-6-15-16(11)2/h3-4,6H,5H2,1-2H3,(H,17,18). The fraction of sp³-hybridized carbons (Fsp3) is 0.250. The number of hydrogen-bond donors (Lipinski definition) is 1. The zero-order valence-electron chi connectivity index (χ0n) is 11.2. The van der Waals surface area contributed by atoms with Gasteiger partial charge < -0.3 is 5.11 Å². The average Bonchev–Trinajstić information content (AvgIpc) is 2.76. The number of benzene rings is 1. The lowest BCUT2D eigenvalue weighted by Crippen LogP contribution is -2.13. The molecule has 1 aromatic carbocycles. The molecule has 0 unspecified atom stereocenters. The van der Waals surface area contributed by atoms with Crippen LogP contribution in [0.5, 0.6) is 0 Å². The zero-order valence-corrected chi connectivity index (χ0v) is 12.8. The van der Waals surface area contributed by atoms with E-state index in [9.17, 15) is 13.2 Å². The summed E-state index contributed by atoms with van der Waals surface area (Å²) in [4.78, 5) is 14.9. The van der Waals surface area contributed by atoms with E-state index in [4.69, 9.17) is 16.7 Å². The van der Waals surface area contributed by atoms with Gasteiger partial charge in [0.1, 0.15) is 17.9 Å². The van der Waals surface area contributed by atoms with E-state index >= 15 is 0 Å². The van der Waals surface area contributed by atoms with Crippen molar-refractivity contribution in [1.29, 1.82) is 0 Å². The lowest BCUT2D eigenvalue weighted by molar-refractivity contribution is 0.0696. The molecule has 7 nitrogen and oxygen atoms in total. The van der Waals surface area contributed by atoms with Gasteiger partial charge in [0.25, 0.3) is 0 Å². The number of rotatable bonds is 4. The predicted molar refractivity (Wildman–Crippen MR) is 75.0 cm³/mol. The van der Waals surface area contributed by atoms with Crippen molar-refractivity contribution in [1.82, 2.24) is 14.8 Å². The molecule has 0 aliphatic rings. The number of aromatic nitrogens is 3. The van der Waals surface area contributed by atoms with E-state index in [-0.39, 0.29) is 32.6 Å². The van der Waals surface area contributed by atoms with Gasteiger partial charge in [0.05, 0.1) is 10.5 Å². The molecular weight excluding hydrogens is 318 g/mol. The highest BCUT2D eigenvalue weighted by Crippen LogP contribution is 2.26. The third-order valence-corrected chi connectivity index (χ3v) is 4.97. The first-order valence-electron chi connectivity index (χ1n) is 5.81. The molecule has 1 heterocycles. The van der Waals surface area contributed by atoms with Crippen LogP contribution in [0.2, 0.25) is 5.02 Å². The molecule has 1 aromatic heterocycles. The summed E-state index contributed by atoms with van der Waals surface area (Å²) < 4.78 is 26.3. The van der Waals surface area contributed by atoms with Crippen LogP contribution >= 0.6 is 11.6 Å². The Morgan fingerprint density at radius 3 is 2.62 bits per heavy atom. The van der Waals surface area contributed by atoms with Gasteiger partial charge >= 0.3 is 5.97 Å². The van der Waals surface area contributed by atoms with Gasteiger partial charge in [0.15, 0.2) is 9.84 Å². The third-order valence-electron chi connectivity index (χ3n) is 3.01. The summed E-state index contributed by atoms with van der Waals surface area (Å²) in [6.07, 6.45) is 1.25. The van der Waals surface area contributed by atoms with Gasteiger partial charge in [-0.1, -0.05) is 11.6 Å². The molecule has 2 rings (SSSR count). The van der Waals surface area contributed by atoms with E-state index in [0.717, 1.165) is 0 Å². The molecule has 2 aromatic rings. The highest BCUT2D eigenvalue weighted by Gasteiger charge is 2.24. The maximum absolute atomic E-state index is 12.5. The van der Waals surface area contributed by atoms with E-state index in [1.165, 1.54) is 30.1 Å². The second-order valence-corrected chi connectivity index (χ2v) is 6.84. The van der Waals surface area contributed by atoms with Gasteiger partial charge in [-0.3, -0.25) is 4.68 Å². The topological polar surface area (TPSA) is 102 Å². The molecule has 0 fully saturated rings. The van der Waals surface area contributed by atoms with E-state index < -0.39 is 15.8 Å². The molecule has 21 heavy (non-hydrogen) atoms. The molecule has 0 aliphatic heterocycles. The molecule has 0 aliphatic carbocycles. The summed E-state index contributed by atoms with van der Waals surface area (Å²) in [6, 6.07) is 2.47. The Morgan fingerprint density at radius 1 is 1.43 bits per heavy atom. The van der Waals surface area contributed by atoms with E-state index in [0.29, 0.717) is 0 Å². The number of sulfone groups is 1. The summed E-state index contributed by atoms with van der Waals surface area (Å²) in [6.45, 7) is 1.43. The van der Waals surface area contributed by atoms with Crippen molar-refractivity contribution in [2.75, 3.05) is 0 Å². The number of aryl methyl sites for hydroxylation is 1. The molecule has 0 saturated carbocycles. The molecular formula is C12H12ClN3O4S. The highest BCUT2D eigenvalue weighted by molar-refractivity contribution is 7.90. The number of aromatic carboxylic acids is 1. The fourth-order valence-electron chi connectivity index (χ4n) is 1.90. The van der Waals surface area contributed by atoms with Gasteiger partial charge in [-0.15, -0.1) is 0 Å². The number of hydrogen-bond acceptors (Lipinski definition) is 5.